The SMILES string of the molecule is CCCN1CCC(N(C)C)C1.Cc1cc(Br)ccc1Nc1c(C(=O)NOCC2CC2)cc2c(ncn2C)c1F. The topological polar surface area (TPSA) is 74.7 Å². The van der Waals surface area contributed by atoms with E-state index in [9.17, 15) is 4.79 Å². The number of likely N-dealkylation sites (N-methyl/N-ethyl adjacent to an activating group) is 1. The first-order valence-electron chi connectivity index (χ1n) is 13.7. The van der Waals surface area contributed by atoms with E-state index in [0.717, 1.165) is 28.9 Å². The molecule has 39 heavy (non-hydrogen) atoms. The lowest BCUT2D eigenvalue weighted by Crippen LogP contribution is -2.31. The van der Waals surface area contributed by atoms with Gasteiger partial charge in [0.05, 0.1) is 29.7 Å². The summed E-state index contributed by atoms with van der Waals surface area (Å²) in [6.07, 6.45) is 6.39. The summed E-state index contributed by atoms with van der Waals surface area (Å²) in [7, 11) is 6.12. The van der Waals surface area contributed by atoms with Crippen molar-refractivity contribution in [1.82, 2.24) is 24.8 Å². The van der Waals surface area contributed by atoms with Gasteiger partial charge in [-0.05, 0) is 95.5 Å². The minimum Gasteiger partial charge on any atom is -0.352 e. The third-order valence-electron chi connectivity index (χ3n) is 7.35. The molecule has 2 fully saturated rings. The summed E-state index contributed by atoms with van der Waals surface area (Å²) in [4.78, 5) is 27.1. The lowest BCUT2D eigenvalue weighted by Gasteiger charge is -2.19. The second-order valence-electron chi connectivity index (χ2n) is 10.8. The van der Waals surface area contributed by atoms with Crippen molar-refractivity contribution in [2.45, 2.75) is 45.6 Å². The number of hydroxylamine groups is 1. The van der Waals surface area contributed by atoms with E-state index >= 15 is 4.39 Å². The van der Waals surface area contributed by atoms with Crippen molar-refractivity contribution in [2.75, 3.05) is 45.7 Å². The van der Waals surface area contributed by atoms with Gasteiger partial charge in [0, 0.05) is 29.8 Å². The molecule has 0 spiro atoms. The molecule has 1 aliphatic heterocycles. The molecule has 1 saturated heterocycles. The second kappa shape index (κ2) is 13.2. The van der Waals surface area contributed by atoms with Gasteiger partial charge in [0.2, 0.25) is 0 Å². The number of hydrogen-bond acceptors (Lipinski definition) is 6. The first-order chi connectivity index (χ1) is 18.7. The van der Waals surface area contributed by atoms with Crippen molar-refractivity contribution < 1.29 is 14.0 Å². The van der Waals surface area contributed by atoms with Crippen molar-refractivity contribution in [3.8, 4) is 0 Å². The van der Waals surface area contributed by atoms with Crippen LogP contribution in [0.5, 0.6) is 0 Å². The lowest BCUT2D eigenvalue weighted by molar-refractivity contribution is 0.0271. The van der Waals surface area contributed by atoms with Crippen molar-refractivity contribution in [3.63, 3.8) is 0 Å². The summed E-state index contributed by atoms with van der Waals surface area (Å²) in [6, 6.07) is 8.02. The summed E-state index contributed by atoms with van der Waals surface area (Å²) < 4.78 is 17.9. The summed E-state index contributed by atoms with van der Waals surface area (Å²) in [6.45, 7) is 8.49. The zero-order valence-corrected chi connectivity index (χ0v) is 25.1. The fraction of sp³-hybridized carbons (Fsp3) is 0.517. The molecule has 0 bridgehead atoms. The first-order valence-corrected chi connectivity index (χ1v) is 14.4. The molecule has 212 valence electrons. The summed E-state index contributed by atoms with van der Waals surface area (Å²) in [5.74, 6) is -0.577. The van der Waals surface area contributed by atoms with E-state index in [-0.39, 0.29) is 16.8 Å². The van der Waals surface area contributed by atoms with Crippen molar-refractivity contribution in [1.29, 1.82) is 0 Å². The fourth-order valence-electron chi connectivity index (χ4n) is 4.75. The van der Waals surface area contributed by atoms with E-state index in [1.807, 2.05) is 25.1 Å². The zero-order chi connectivity index (χ0) is 28.1. The van der Waals surface area contributed by atoms with Gasteiger partial charge in [-0.1, -0.05) is 22.9 Å². The van der Waals surface area contributed by atoms with Gasteiger partial charge < -0.3 is 19.7 Å². The molecule has 2 N–H and O–H groups in total. The summed E-state index contributed by atoms with van der Waals surface area (Å²) in [5, 5.41) is 3.07. The first kappa shape index (κ1) is 29.5. The Bertz CT molecular complexity index is 1290. The smallest absolute Gasteiger partial charge is 0.277 e. The Kier molecular flexibility index (Phi) is 9.98. The van der Waals surface area contributed by atoms with E-state index in [1.54, 1.807) is 17.7 Å². The van der Waals surface area contributed by atoms with Crippen LogP contribution in [0, 0.1) is 18.7 Å². The number of fused-ring (bicyclic) bond motifs is 1. The minimum absolute atomic E-state index is 0.0733. The van der Waals surface area contributed by atoms with Crippen molar-refractivity contribution in [3.05, 3.63) is 52.0 Å². The van der Waals surface area contributed by atoms with Crippen LogP contribution in [-0.4, -0.2) is 71.6 Å². The maximum atomic E-state index is 15.3. The third kappa shape index (κ3) is 7.57. The molecule has 1 aromatic heterocycles. The molecular weight excluding hydrogens is 563 g/mol. The maximum absolute atomic E-state index is 15.3. The predicted molar refractivity (Wildman–Crippen MR) is 158 cm³/mol. The number of aryl methyl sites for hydroxylation is 2. The monoisotopic (exact) mass is 602 g/mol. The Morgan fingerprint density at radius 1 is 1.26 bits per heavy atom. The van der Waals surface area contributed by atoms with Crippen LogP contribution in [0.2, 0.25) is 0 Å². The molecule has 2 aromatic carbocycles. The Balaban J connectivity index is 0.000000270. The highest BCUT2D eigenvalue weighted by atomic mass is 79.9. The van der Waals surface area contributed by atoms with Crippen molar-refractivity contribution in [2.24, 2.45) is 13.0 Å². The number of hydrogen-bond donors (Lipinski definition) is 2. The molecule has 1 amide bonds. The molecule has 10 heteroatoms. The van der Waals surface area contributed by atoms with Gasteiger partial charge >= 0.3 is 0 Å². The van der Waals surface area contributed by atoms with Gasteiger partial charge in [0.1, 0.15) is 5.52 Å². The highest BCUT2D eigenvalue weighted by Gasteiger charge is 2.25. The molecule has 1 unspecified atom stereocenters. The highest BCUT2D eigenvalue weighted by molar-refractivity contribution is 9.10. The number of aromatic nitrogens is 2. The summed E-state index contributed by atoms with van der Waals surface area (Å²) >= 11 is 3.42. The van der Waals surface area contributed by atoms with Crippen LogP contribution in [0.1, 0.15) is 48.5 Å². The number of carbonyl (C=O) groups excluding carboxylic acids is 1. The number of likely N-dealkylation sites (tertiary alicyclic amines) is 1. The Morgan fingerprint density at radius 3 is 2.67 bits per heavy atom. The number of imidazole rings is 1. The number of halogens is 2. The maximum Gasteiger partial charge on any atom is 0.277 e. The van der Waals surface area contributed by atoms with E-state index in [4.69, 9.17) is 4.84 Å². The Hall–Kier alpha value is -2.53. The van der Waals surface area contributed by atoms with Gasteiger partial charge in [-0.3, -0.25) is 9.63 Å². The summed E-state index contributed by atoms with van der Waals surface area (Å²) in [5.41, 5.74) is 5.02. The van der Waals surface area contributed by atoms with E-state index in [2.05, 4.69) is 62.5 Å². The van der Waals surface area contributed by atoms with Crippen LogP contribution in [-0.2, 0) is 11.9 Å². The number of nitrogens with zero attached hydrogens (tertiary/aromatic N) is 4. The molecule has 5 rings (SSSR count). The van der Waals surface area contributed by atoms with Crippen LogP contribution in [0.15, 0.2) is 35.1 Å². The van der Waals surface area contributed by atoms with Gasteiger partial charge in [-0.2, -0.15) is 0 Å². The Labute approximate surface area is 239 Å². The molecule has 2 heterocycles. The molecule has 8 nitrogen and oxygen atoms in total. The fourth-order valence-corrected chi connectivity index (χ4v) is 5.22. The highest BCUT2D eigenvalue weighted by Crippen LogP contribution is 2.33. The molecule has 1 atom stereocenters. The number of carbonyl (C=O) groups is 1. The van der Waals surface area contributed by atoms with E-state index in [0.29, 0.717) is 23.7 Å². The van der Waals surface area contributed by atoms with Crippen LogP contribution in [0.25, 0.3) is 11.0 Å². The Morgan fingerprint density at radius 2 is 2.03 bits per heavy atom. The molecule has 1 aliphatic carbocycles. The molecule has 2 aliphatic rings. The average molecular weight is 604 g/mol. The number of benzene rings is 2. The standard InChI is InChI=1S/C20H20BrFN4O2.C9H20N2/c1-11-7-13(21)5-6-15(11)24-18-14(20(27)25-28-9-12-3-4-12)8-16-19(17(18)22)23-10-26(16)2;1-4-6-11-7-5-9(8-11)10(2)3/h5-8,10,12,24H,3-4,9H2,1-2H3,(H,25,27);9H,4-8H2,1-3H3. The van der Waals surface area contributed by atoms with Crippen LogP contribution in [0.4, 0.5) is 15.8 Å². The van der Waals surface area contributed by atoms with Gasteiger partial charge in [-0.25, -0.2) is 14.9 Å². The molecule has 0 radical (unpaired) electrons. The zero-order valence-electron chi connectivity index (χ0n) is 23.6. The predicted octanol–water partition coefficient (Wildman–Crippen LogP) is 5.63. The van der Waals surface area contributed by atoms with E-state index in [1.165, 1.54) is 38.8 Å². The number of nitrogens with one attached hydrogen (secondary N) is 2. The van der Waals surface area contributed by atoms with Crippen LogP contribution in [0.3, 0.4) is 0 Å². The number of anilines is 2. The lowest BCUT2D eigenvalue weighted by atomic mass is 10.1. The number of rotatable bonds is 9. The van der Waals surface area contributed by atoms with Crippen molar-refractivity contribution >= 4 is 44.2 Å². The molecular formula is C29H40BrFN6O2. The minimum atomic E-state index is -0.576. The van der Waals surface area contributed by atoms with Crippen LogP contribution >= 0.6 is 15.9 Å². The van der Waals surface area contributed by atoms with E-state index < -0.39 is 11.7 Å². The second-order valence-corrected chi connectivity index (χ2v) is 11.7. The van der Waals surface area contributed by atoms with Gasteiger partial charge in [0.25, 0.3) is 5.91 Å². The largest absolute Gasteiger partial charge is 0.352 e. The quantitative estimate of drug-likeness (QED) is 0.309. The molecule has 1 saturated carbocycles. The average Bonchev–Trinajstić information content (AvgIpc) is 3.46. The number of amides is 1. The van der Waals surface area contributed by atoms with Crippen LogP contribution < -0.4 is 10.8 Å². The normalized spacial score (nSPS) is 17.4. The van der Waals surface area contributed by atoms with Gasteiger partial charge in [0.15, 0.2) is 5.82 Å². The third-order valence-corrected chi connectivity index (χ3v) is 7.84. The molecule has 3 aromatic rings. The van der Waals surface area contributed by atoms with Gasteiger partial charge in [-0.15, -0.1) is 0 Å².